The largest absolute Gasteiger partial charge is 0.497 e. The second-order valence-electron chi connectivity index (χ2n) is 5.54. The summed E-state index contributed by atoms with van der Waals surface area (Å²) >= 11 is 6.32. The Kier molecular flexibility index (Phi) is 5.77. The molecule has 1 N–H and O–H groups in total. The molecule has 0 saturated carbocycles. The summed E-state index contributed by atoms with van der Waals surface area (Å²) in [4.78, 5) is 12.4. The van der Waals surface area contributed by atoms with E-state index in [1.807, 2.05) is 42.5 Å². The van der Waals surface area contributed by atoms with Crippen LogP contribution in [0.5, 0.6) is 17.2 Å². The number of para-hydroxylation sites is 1. The van der Waals surface area contributed by atoms with E-state index in [0.29, 0.717) is 27.8 Å². The topological polar surface area (TPSA) is 47.6 Å². The van der Waals surface area contributed by atoms with Crippen LogP contribution in [0.3, 0.4) is 0 Å². The molecular formula is C21H18ClNO3. The van der Waals surface area contributed by atoms with Gasteiger partial charge in [0.1, 0.15) is 17.2 Å². The van der Waals surface area contributed by atoms with Crippen molar-refractivity contribution in [3.05, 3.63) is 88.9 Å². The van der Waals surface area contributed by atoms with Gasteiger partial charge in [-0.15, -0.1) is 0 Å². The summed E-state index contributed by atoms with van der Waals surface area (Å²) in [6, 6.07) is 21.8. The molecule has 0 radical (unpaired) electrons. The number of carbonyl (C=O) groups excluding carboxylic acids is 1. The molecule has 0 atom stereocenters. The predicted octanol–water partition coefficient (Wildman–Crippen LogP) is 5.07. The highest BCUT2D eigenvalue weighted by atomic mass is 35.5. The average Bonchev–Trinajstić information content (AvgIpc) is 2.68. The average molecular weight is 368 g/mol. The van der Waals surface area contributed by atoms with Crippen LogP contribution in [0, 0.1) is 0 Å². The number of hydrogen-bond donors (Lipinski definition) is 1. The number of ether oxygens (including phenoxy) is 2. The third kappa shape index (κ3) is 4.35. The summed E-state index contributed by atoms with van der Waals surface area (Å²) in [5.74, 6) is 1.82. The van der Waals surface area contributed by atoms with Crippen LogP contribution in [0.4, 0.5) is 0 Å². The Bertz CT molecular complexity index is 880. The normalized spacial score (nSPS) is 10.2. The summed E-state index contributed by atoms with van der Waals surface area (Å²) in [6.45, 7) is 0.257. The van der Waals surface area contributed by atoms with Crippen molar-refractivity contribution in [2.75, 3.05) is 7.11 Å². The van der Waals surface area contributed by atoms with Gasteiger partial charge < -0.3 is 14.8 Å². The van der Waals surface area contributed by atoms with E-state index in [1.165, 1.54) is 0 Å². The predicted molar refractivity (Wildman–Crippen MR) is 102 cm³/mol. The smallest absolute Gasteiger partial charge is 0.251 e. The third-order valence-corrected chi connectivity index (χ3v) is 4.18. The molecule has 0 saturated heterocycles. The van der Waals surface area contributed by atoms with Crippen LogP contribution in [-0.2, 0) is 6.54 Å². The lowest BCUT2D eigenvalue weighted by Crippen LogP contribution is -2.23. The number of hydrogen-bond acceptors (Lipinski definition) is 3. The van der Waals surface area contributed by atoms with Crippen LogP contribution in [0.1, 0.15) is 15.9 Å². The minimum Gasteiger partial charge on any atom is -0.497 e. The van der Waals surface area contributed by atoms with Crippen LogP contribution in [-0.4, -0.2) is 13.0 Å². The van der Waals surface area contributed by atoms with Gasteiger partial charge >= 0.3 is 0 Å². The number of rotatable bonds is 6. The summed E-state index contributed by atoms with van der Waals surface area (Å²) in [5.41, 5.74) is 1.27. The maximum absolute atomic E-state index is 12.4. The number of halogens is 1. The van der Waals surface area contributed by atoms with Crippen LogP contribution >= 0.6 is 11.6 Å². The highest BCUT2D eigenvalue weighted by molar-refractivity contribution is 6.31. The fourth-order valence-corrected chi connectivity index (χ4v) is 2.67. The molecule has 0 aliphatic carbocycles. The van der Waals surface area contributed by atoms with Gasteiger partial charge in [0.2, 0.25) is 0 Å². The van der Waals surface area contributed by atoms with Gasteiger partial charge in [0.15, 0.2) is 0 Å². The molecule has 1 amide bonds. The SMILES string of the molecule is COc1ccc(C(=O)NCc2c(Cl)cccc2Oc2ccccc2)cc1. The highest BCUT2D eigenvalue weighted by Gasteiger charge is 2.12. The molecule has 0 fully saturated rings. The Morgan fingerprint density at radius 1 is 0.923 bits per heavy atom. The van der Waals surface area contributed by atoms with Crippen molar-refractivity contribution in [2.45, 2.75) is 6.54 Å². The molecule has 0 aromatic heterocycles. The van der Waals surface area contributed by atoms with Crippen molar-refractivity contribution in [3.8, 4) is 17.2 Å². The second-order valence-corrected chi connectivity index (χ2v) is 5.95. The number of benzene rings is 3. The van der Waals surface area contributed by atoms with Gasteiger partial charge in [0.25, 0.3) is 5.91 Å². The molecule has 0 aliphatic heterocycles. The lowest BCUT2D eigenvalue weighted by atomic mass is 10.1. The fraction of sp³-hybridized carbons (Fsp3) is 0.0952. The quantitative estimate of drug-likeness (QED) is 0.661. The number of amides is 1. The van der Waals surface area contributed by atoms with E-state index in [1.54, 1.807) is 37.4 Å². The van der Waals surface area contributed by atoms with Gasteiger partial charge in [-0.2, -0.15) is 0 Å². The van der Waals surface area contributed by atoms with E-state index >= 15 is 0 Å². The lowest BCUT2D eigenvalue weighted by Gasteiger charge is -2.13. The van der Waals surface area contributed by atoms with E-state index < -0.39 is 0 Å². The molecule has 0 spiro atoms. The number of nitrogens with one attached hydrogen (secondary N) is 1. The van der Waals surface area contributed by atoms with Gasteiger partial charge in [-0.3, -0.25) is 4.79 Å². The van der Waals surface area contributed by atoms with E-state index in [-0.39, 0.29) is 12.5 Å². The maximum atomic E-state index is 12.4. The molecule has 0 unspecified atom stereocenters. The molecule has 26 heavy (non-hydrogen) atoms. The van der Waals surface area contributed by atoms with Gasteiger partial charge in [-0.05, 0) is 48.5 Å². The van der Waals surface area contributed by atoms with Crippen LogP contribution in [0.15, 0.2) is 72.8 Å². The molecule has 3 aromatic carbocycles. The first-order valence-electron chi connectivity index (χ1n) is 8.10. The summed E-state index contributed by atoms with van der Waals surface area (Å²) in [7, 11) is 1.58. The Hall–Kier alpha value is -2.98. The van der Waals surface area contributed by atoms with Crippen LogP contribution in [0.25, 0.3) is 0 Å². The Morgan fingerprint density at radius 2 is 1.65 bits per heavy atom. The molecule has 4 nitrogen and oxygen atoms in total. The summed E-state index contributed by atoms with van der Waals surface area (Å²) in [5, 5.41) is 3.41. The Balaban J connectivity index is 1.73. The van der Waals surface area contributed by atoms with Gasteiger partial charge in [-0.25, -0.2) is 0 Å². The van der Waals surface area contributed by atoms with E-state index in [2.05, 4.69) is 5.32 Å². The lowest BCUT2D eigenvalue weighted by molar-refractivity contribution is 0.0951. The summed E-state index contributed by atoms with van der Waals surface area (Å²) in [6.07, 6.45) is 0. The van der Waals surface area contributed by atoms with Crippen LogP contribution < -0.4 is 14.8 Å². The molecule has 3 rings (SSSR count). The molecule has 132 valence electrons. The minimum absolute atomic E-state index is 0.196. The fourth-order valence-electron chi connectivity index (χ4n) is 2.43. The molecule has 0 bridgehead atoms. The third-order valence-electron chi connectivity index (χ3n) is 3.82. The first-order valence-corrected chi connectivity index (χ1v) is 8.47. The van der Waals surface area contributed by atoms with E-state index in [9.17, 15) is 4.79 Å². The molecule has 5 heteroatoms. The van der Waals surface area contributed by atoms with Crippen LogP contribution in [0.2, 0.25) is 5.02 Å². The van der Waals surface area contributed by atoms with E-state index in [0.717, 1.165) is 5.56 Å². The van der Waals surface area contributed by atoms with Crippen molar-refractivity contribution >= 4 is 17.5 Å². The Labute approximate surface area is 157 Å². The highest BCUT2D eigenvalue weighted by Crippen LogP contribution is 2.30. The number of methoxy groups -OCH3 is 1. The molecule has 3 aromatic rings. The van der Waals surface area contributed by atoms with Gasteiger partial charge in [0, 0.05) is 22.7 Å². The van der Waals surface area contributed by atoms with Gasteiger partial charge in [-0.1, -0.05) is 35.9 Å². The van der Waals surface area contributed by atoms with E-state index in [4.69, 9.17) is 21.1 Å². The first kappa shape index (κ1) is 17.8. The molecule has 0 aliphatic rings. The van der Waals surface area contributed by atoms with Crippen molar-refractivity contribution in [2.24, 2.45) is 0 Å². The summed E-state index contributed by atoms with van der Waals surface area (Å²) < 4.78 is 11.0. The minimum atomic E-state index is -0.196. The van der Waals surface area contributed by atoms with Crippen molar-refractivity contribution < 1.29 is 14.3 Å². The monoisotopic (exact) mass is 367 g/mol. The van der Waals surface area contributed by atoms with Crippen molar-refractivity contribution in [1.29, 1.82) is 0 Å². The van der Waals surface area contributed by atoms with Crippen molar-refractivity contribution in [3.63, 3.8) is 0 Å². The second kappa shape index (κ2) is 8.41. The van der Waals surface area contributed by atoms with Gasteiger partial charge in [0.05, 0.1) is 7.11 Å². The zero-order chi connectivity index (χ0) is 18.4. The zero-order valence-corrected chi connectivity index (χ0v) is 15.0. The Morgan fingerprint density at radius 3 is 2.35 bits per heavy atom. The molecular weight excluding hydrogens is 350 g/mol. The maximum Gasteiger partial charge on any atom is 0.251 e. The molecule has 0 heterocycles. The first-order chi connectivity index (χ1) is 12.7. The van der Waals surface area contributed by atoms with Crippen molar-refractivity contribution in [1.82, 2.24) is 5.32 Å². The zero-order valence-electron chi connectivity index (χ0n) is 14.2. The number of carbonyl (C=O) groups is 1. The standard InChI is InChI=1S/C21H18ClNO3/c1-25-16-12-10-15(11-13-16)21(24)23-14-18-19(22)8-5-9-20(18)26-17-6-3-2-4-7-17/h2-13H,14H2,1H3,(H,23,24).